The highest BCUT2D eigenvalue weighted by molar-refractivity contribution is 5.98. The molecule has 0 saturated carbocycles. The molecule has 4 rings (SSSR count). The lowest BCUT2D eigenvalue weighted by Crippen LogP contribution is -2.22. The zero-order chi connectivity index (χ0) is 23.2. The lowest BCUT2D eigenvalue weighted by Gasteiger charge is -2.09. The number of aromatic hydroxyl groups is 1. The van der Waals surface area contributed by atoms with Gasteiger partial charge in [0.25, 0.3) is 5.56 Å². The summed E-state index contributed by atoms with van der Waals surface area (Å²) in [6.45, 7) is 1.76. The quantitative estimate of drug-likeness (QED) is 0.345. The van der Waals surface area contributed by atoms with Crippen LogP contribution < -0.4 is 10.3 Å². The number of rotatable bonds is 7. The lowest BCUT2D eigenvalue weighted by atomic mass is 10.1. The van der Waals surface area contributed by atoms with Crippen molar-refractivity contribution >= 4 is 22.8 Å². The number of benzene rings is 3. The Bertz CT molecular complexity index is 1390. The van der Waals surface area contributed by atoms with E-state index in [2.05, 4.69) is 15.2 Å². The summed E-state index contributed by atoms with van der Waals surface area (Å²) in [5.41, 5.74) is 2.17. The van der Waals surface area contributed by atoms with E-state index < -0.39 is 0 Å². The van der Waals surface area contributed by atoms with Crippen LogP contribution in [0, 0.1) is 0 Å². The molecule has 0 atom stereocenters. The third kappa shape index (κ3) is 4.90. The predicted molar refractivity (Wildman–Crippen MR) is 127 cm³/mol. The summed E-state index contributed by atoms with van der Waals surface area (Å²) in [7, 11) is 1.53. The summed E-state index contributed by atoms with van der Waals surface area (Å²) in [6, 6.07) is 21.3. The second-order valence-electron chi connectivity index (χ2n) is 7.15. The van der Waals surface area contributed by atoms with Gasteiger partial charge in [-0.25, -0.2) is 4.98 Å². The van der Waals surface area contributed by atoms with Crippen LogP contribution in [0.25, 0.3) is 10.9 Å². The van der Waals surface area contributed by atoms with E-state index in [4.69, 9.17) is 9.57 Å². The number of phenols is 1. The molecule has 0 aliphatic rings. The highest BCUT2D eigenvalue weighted by atomic mass is 16.6. The summed E-state index contributed by atoms with van der Waals surface area (Å²) >= 11 is 0. The molecule has 8 heteroatoms. The van der Waals surface area contributed by atoms with Gasteiger partial charge in [-0.2, -0.15) is 9.78 Å². The number of methoxy groups -OCH3 is 1. The van der Waals surface area contributed by atoms with Crippen molar-refractivity contribution in [1.29, 1.82) is 0 Å². The summed E-state index contributed by atoms with van der Waals surface area (Å²) in [4.78, 5) is 23.2. The van der Waals surface area contributed by atoms with Gasteiger partial charge in [0.05, 0.1) is 29.9 Å². The Kier molecular flexibility index (Phi) is 6.45. The largest absolute Gasteiger partial charge is 0.507 e. The number of hydrogen-bond acceptors (Lipinski definition) is 7. The topological polar surface area (TPSA) is 98.3 Å². The van der Waals surface area contributed by atoms with Crippen molar-refractivity contribution in [3.05, 3.63) is 100 Å². The number of para-hydroxylation sites is 1. The van der Waals surface area contributed by atoms with E-state index in [0.29, 0.717) is 27.9 Å². The van der Waals surface area contributed by atoms with E-state index in [-0.39, 0.29) is 23.7 Å². The molecule has 4 aromatic rings. The van der Waals surface area contributed by atoms with Crippen LogP contribution >= 0.6 is 0 Å². The molecular weight excluding hydrogens is 420 g/mol. The monoisotopic (exact) mass is 442 g/mol. The summed E-state index contributed by atoms with van der Waals surface area (Å²) in [6.07, 6.45) is 1.37. The van der Waals surface area contributed by atoms with Gasteiger partial charge < -0.3 is 14.7 Å². The van der Waals surface area contributed by atoms with Crippen molar-refractivity contribution in [2.24, 2.45) is 10.3 Å². The van der Waals surface area contributed by atoms with Crippen molar-refractivity contribution in [3.63, 3.8) is 0 Å². The van der Waals surface area contributed by atoms with Crippen LogP contribution in [0.2, 0.25) is 0 Å². The minimum atomic E-state index is -0.360. The van der Waals surface area contributed by atoms with Gasteiger partial charge in [0.2, 0.25) is 0 Å². The number of oxime groups is 1. The van der Waals surface area contributed by atoms with Crippen molar-refractivity contribution in [1.82, 2.24) is 9.66 Å². The fourth-order valence-corrected chi connectivity index (χ4v) is 3.18. The SMILES string of the molecule is COc1ccc(O)c(/C=N/n2c(CON=C(C)c3ccccc3)nc3ccccc3c2=O)c1. The Morgan fingerprint density at radius 3 is 2.64 bits per heavy atom. The van der Waals surface area contributed by atoms with Gasteiger partial charge in [0.15, 0.2) is 12.4 Å². The van der Waals surface area contributed by atoms with Gasteiger partial charge in [-0.1, -0.05) is 47.6 Å². The predicted octanol–water partition coefficient (Wildman–Crippen LogP) is 3.93. The number of hydrogen-bond donors (Lipinski definition) is 1. The van der Waals surface area contributed by atoms with Gasteiger partial charge in [-0.05, 0) is 42.8 Å². The molecule has 0 aliphatic carbocycles. The van der Waals surface area contributed by atoms with Crippen LogP contribution in [-0.4, -0.2) is 33.8 Å². The number of fused-ring (bicyclic) bond motifs is 1. The molecule has 0 radical (unpaired) electrons. The number of aromatic nitrogens is 2. The van der Waals surface area contributed by atoms with E-state index in [1.807, 2.05) is 37.3 Å². The van der Waals surface area contributed by atoms with Crippen molar-refractivity contribution < 1.29 is 14.7 Å². The standard InChI is InChI=1S/C25H22N4O4/c1-17(18-8-4-3-5-9-18)28-33-16-24-27-22-11-7-6-10-21(22)25(31)29(24)26-15-19-14-20(32-2)12-13-23(19)30/h3-15,30H,16H2,1-2H3/b26-15+,28-17?. The Hall–Kier alpha value is -4.46. The van der Waals surface area contributed by atoms with Gasteiger partial charge >= 0.3 is 0 Å². The van der Waals surface area contributed by atoms with Crippen molar-refractivity contribution in [3.8, 4) is 11.5 Å². The molecule has 0 fully saturated rings. The summed E-state index contributed by atoms with van der Waals surface area (Å²) < 4.78 is 6.34. The maximum atomic E-state index is 13.1. The molecule has 166 valence electrons. The fourth-order valence-electron chi connectivity index (χ4n) is 3.18. The second-order valence-corrected chi connectivity index (χ2v) is 7.15. The zero-order valence-corrected chi connectivity index (χ0v) is 18.2. The Labute approximate surface area is 190 Å². The molecule has 1 aromatic heterocycles. The van der Waals surface area contributed by atoms with E-state index in [9.17, 15) is 9.90 Å². The molecule has 0 unspecified atom stereocenters. The molecule has 8 nitrogen and oxygen atoms in total. The van der Waals surface area contributed by atoms with Crippen LogP contribution in [0.5, 0.6) is 11.5 Å². The first-order chi connectivity index (χ1) is 16.1. The number of nitrogens with zero attached hydrogens (tertiary/aromatic N) is 4. The molecule has 1 heterocycles. The number of ether oxygens (including phenoxy) is 1. The minimum absolute atomic E-state index is 0.00207. The molecule has 1 N–H and O–H groups in total. The highest BCUT2D eigenvalue weighted by Gasteiger charge is 2.11. The van der Waals surface area contributed by atoms with Crippen LogP contribution in [0.1, 0.15) is 23.9 Å². The molecule has 0 aliphatic heterocycles. The van der Waals surface area contributed by atoms with Crippen molar-refractivity contribution in [2.45, 2.75) is 13.5 Å². The van der Waals surface area contributed by atoms with E-state index in [0.717, 1.165) is 10.2 Å². The van der Waals surface area contributed by atoms with Crippen LogP contribution in [0.3, 0.4) is 0 Å². The molecule has 0 saturated heterocycles. The average Bonchev–Trinajstić information content (AvgIpc) is 2.85. The van der Waals surface area contributed by atoms with Crippen LogP contribution in [-0.2, 0) is 11.4 Å². The summed E-state index contributed by atoms with van der Waals surface area (Å²) in [5.74, 6) is 0.816. The first-order valence-electron chi connectivity index (χ1n) is 10.2. The van der Waals surface area contributed by atoms with E-state index in [1.54, 1.807) is 36.4 Å². The smallest absolute Gasteiger partial charge is 0.282 e. The molecule has 0 amide bonds. The number of phenolic OH excluding ortho intramolecular Hbond substituents is 1. The third-order valence-electron chi connectivity index (χ3n) is 4.95. The van der Waals surface area contributed by atoms with Gasteiger partial charge in [0.1, 0.15) is 11.5 Å². The Balaban J connectivity index is 1.70. The molecule has 0 bridgehead atoms. The van der Waals surface area contributed by atoms with Crippen molar-refractivity contribution in [2.75, 3.05) is 7.11 Å². The highest BCUT2D eigenvalue weighted by Crippen LogP contribution is 2.21. The molecule has 0 spiro atoms. The maximum absolute atomic E-state index is 13.1. The Morgan fingerprint density at radius 1 is 1.09 bits per heavy atom. The normalized spacial score (nSPS) is 11.8. The summed E-state index contributed by atoms with van der Waals surface area (Å²) in [5, 5.41) is 19.0. The minimum Gasteiger partial charge on any atom is -0.507 e. The fraction of sp³-hybridized carbons (Fsp3) is 0.120. The van der Waals surface area contributed by atoms with E-state index >= 15 is 0 Å². The Morgan fingerprint density at radius 2 is 1.85 bits per heavy atom. The molecule has 33 heavy (non-hydrogen) atoms. The first kappa shape index (κ1) is 21.8. The third-order valence-corrected chi connectivity index (χ3v) is 4.95. The van der Waals surface area contributed by atoms with E-state index in [1.165, 1.54) is 19.4 Å². The second kappa shape index (κ2) is 9.78. The van der Waals surface area contributed by atoms with Crippen LogP contribution in [0.15, 0.2) is 87.8 Å². The molecular formula is C25H22N4O4. The maximum Gasteiger partial charge on any atom is 0.282 e. The van der Waals surface area contributed by atoms with Crippen LogP contribution in [0.4, 0.5) is 0 Å². The van der Waals surface area contributed by atoms with Gasteiger partial charge in [-0.15, -0.1) is 0 Å². The lowest BCUT2D eigenvalue weighted by molar-refractivity contribution is 0.122. The average molecular weight is 442 g/mol. The van der Waals surface area contributed by atoms with Gasteiger partial charge in [0, 0.05) is 5.56 Å². The zero-order valence-electron chi connectivity index (χ0n) is 18.2. The first-order valence-corrected chi connectivity index (χ1v) is 10.2. The van der Waals surface area contributed by atoms with Gasteiger partial charge in [-0.3, -0.25) is 4.79 Å². The molecule has 3 aromatic carbocycles.